The van der Waals surface area contributed by atoms with Crippen molar-refractivity contribution in [2.45, 2.75) is 19.3 Å². The second-order valence-corrected chi connectivity index (χ2v) is 13.4. The van der Waals surface area contributed by atoms with Gasteiger partial charge in [-0.25, -0.2) is 0 Å². The average molecular weight is 617 g/mol. The van der Waals surface area contributed by atoms with Gasteiger partial charge in [-0.05, 0) is 76.3 Å². The van der Waals surface area contributed by atoms with Crippen LogP contribution in [0, 0.1) is 0 Å². The smallest absolute Gasteiger partial charge is 0.143 e. The van der Waals surface area contributed by atoms with Crippen LogP contribution in [-0.2, 0) is 5.41 Å². The van der Waals surface area contributed by atoms with Gasteiger partial charge in [-0.2, -0.15) is 0 Å². The molecule has 0 radical (unpaired) electrons. The molecule has 0 N–H and O–H groups in total. The molecular weight excluding hydrogens is 585 g/mol. The van der Waals surface area contributed by atoms with E-state index in [9.17, 15) is 0 Å². The van der Waals surface area contributed by atoms with Crippen LogP contribution in [0.15, 0.2) is 162 Å². The van der Waals surface area contributed by atoms with Crippen LogP contribution in [0.1, 0.15) is 25.0 Å². The van der Waals surface area contributed by atoms with Gasteiger partial charge in [-0.15, -0.1) is 0 Å². The fourth-order valence-electron chi connectivity index (χ4n) is 8.23. The fraction of sp³-hybridized carbons (Fsp3) is 0.0667. The SMILES string of the molecule is CC1(C)c2ccccc2-c2ccc3c(c21)N(c1ccccc1)c1ccc(-c2cccc4c2oc2ccccc24)cc1N3c1ccccc1. The Morgan fingerprint density at radius 3 is 1.94 bits per heavy atom. The van der Waals surface area contributed by atoms with Crippen LogP contribution >= 0.6 is 0 Å². The van der Waals surface area contributed by atoms with Gasteiger partial charge in [0.15, 0.2) is 0 Å². The van der Waals surface area contributed by atoms with E-state index in [1.165, 1.54) is 27.9 Å². The van der Waals surface area contributed by atoms with Crippen molar-refractivity contribution in [1.82, 2.24) is 0 Å². The van der Waals surface area contributed by atoms with Crippen LogP contribution in [0.25, 0.3) is 44.2 Å². The summed E-state index contributed by atoms with van der Waals surface area (Å²) in [6, 6.07) is 56.8. The zero-order chi connectivity index (χ0) is 32.0. The third-order valence-corrected chi connectivity index (χ3v) is 10.3. The Kier molecular flexibility index (Phi) is 5.63. The molecule has 0 saturated carbocycles. The minimum Gasteiger partial charge on any atom is -0.455 e. The first-order valence-electron chi connectivity index (χ1n) is 16.6. The largest absolute Gasteiger partial charge is 0.455 e. The van der Waals surface area contributed by atoms with Gasteiger partial charge in [0.2, 0.25) is 0 Å². The first kappa shape index (κ1) is 27.1. The Hall–Kier alpha value is -6.06. The van der Waals surface area contributed by atoms with Gasteiger partial charge >= 0.3 is 0 Å². The molecule has 2 heterocycles. The summed E-state index contributed by atoms with van der Waals surface area (Å²) in [5, 5.41) is 2.27. The lowest BCUT2D eigenvalue weighted by Gasteiger charge is -2.43. The van der Waals surface area contributed by atoms with E-state index in [0.29, 0.717) is 0 Å². The standard InChI is InChI=1S/C45H32N2O/c1-45(2)37-22-11-9-18-33(37)35-25-27-39-43(42(35)45)47(31-16-7-4-8-17-31)38-26-24-29(28-40(38)46(39)30-14-5-3-6-15-30)32-20-13-21-36-34-19-10-12-23-41(34)48-44(32)36/h3-28H,1-2H3. The number of para-hydroxylation sites is 4. The number of rotatable bonds is 3. The van der Waals surface area contributed by atoms with Crippen LogP contribution in [0.2, 0.25) is 0 Å². The summed E-state index contributed by atoms with van der Waals surface area (Å²) < 4.78 is 6.52. The molecule has 3 heteroatoms. The Labute approximate surface area is 279 Å². The third kappa shape index (κ3) is 3.70. The van der Waals surface area contributed by atoms with Crippen LogP contribution in [0.4, 0.5) is 34.1 Å². The fourth-order valence-corrected chi connectivity index (χ4v) is 8.23. The predicted molar refractivity (Wildman–Crippen MR) is 200 cm³/mol. The van der Waals surface area contributed by atoms with E-state index >= 15 is 0 Å². The Balaban J connectivity index is 1.28. The normalized spacial score (nSPS) is 14.1. The number of fused-ring (bicyclic) bond motifs is 9. The molecule has 2 aliphatic rings. The molecule has 7 aromatic carbocycles. The van der Waals surface area contributed by atoms with E-state index in [-0.39, 0.29) is 5.41 Å². The van der Waals surface area contributed by atoms with E-state index in [2.05, 4.69) is 175 Å². The first-order valence-corrected chi connectivity index (χ1v) is 16.6. The second kappa shape index (κ2) is 9.97. The highest BCUT2D eigenvalue weighted by Crippen LogP contribution is 2.62. The van der Waals surface area contributed by atoms with E-state index in [0.717, 1.165) is 61.5 Å². The van der Waals surface area contributed by atoms with E-state index in [4.69, 9.17) is 4.42 Å². The molecule has 1 aliphatic heterocycles. The van der Waals surface area contributed by atoms with Gasteiger partial charge in [0.1, 0.15) is 11.2 Å². The summed E-state index contributed by atoms with van der Waals surface area (Å²) in [6.45, 7) is 4.75. The molecule has 48 heavy (non-hydrogen) atoms. The zero-order valence-electron chi connectivity index (χ0n) is 26.8. The molecule has 0 saturated heterocycles. The highest BCUT2D eigenvalue weighted by Gasteiger charge is 2.43. The van der Waals surface area contributed by atoms with Crippen LogP contribution in [0.5, 0.6) is 0 Å². The zero-order valence-corrected chi connectivity index (χ0v) is 26.8. The van der Waals surface area contributed by atoms with Crippen molar-refractivity contribution in [2.24, 2.45) is 0 Å². The lowest BCUT2D eigenvalue weighted by atomic mass is 9.80. The monoisotopic (exact) mass is 616 g/mol. The highest BCUT2D eigenvalue weighted by atomic mass is 16.3. The van der Waals surface area contributed by atoms with E-state index in [1.54, 1.807) is 0 Å². The van der Waals surface area contributed by atoms with Crippen molar-refractivity contribution < 1.29 is 4.42 Å². The molecule has 3 nitrogen and oxygen atoms in total. The quantitative estimate of drug-likeness (QED) is 0.197. The number of hydrogen-bond acceptors (Lipinski definition) is 3. The van der Waals surface area contributed by atoms with Gasteiger partial charge in [0.05, 0.1) is 22.7 Å². The minimum atomic E-state index is -0.193. The van der Waals surface area contributed by atoms with Crippen molar-refractivity contribution >= 4 is 56.1 Å². The molecule has 1 aromatic heterocycles. The Morgan fingerprint density at radius 2 is 1.12 bits per heavy atom. The average Bonchev–Trinajstić information content (AvgIpc) is 3.63. The molecule has 0 fully saturated rings. The summed E-state index contributed by atoms with van der Waals surface area (Å²) in [5.41, 5.74) is 16.1. The van der Waals surface area contributed by atoms with Crippen molar-refractivity contribution in [3.8, 4) is 22.3 Å². The van der Waals surface area contributed by atoms with Crippen LogP contribution in [0.3, 0.4) is 0 Å². The van der Waals surface area contributed by atoms with Crippen molar-refractivity contribution in [1.29, 1.82) is 0 Å². The third-order valence-electron chi connectivity index (χ3n) is 10.3. The summed E-state index contributed by atoms with van der Waals surface area (Å²) >= 11 is 0. The maximum atomic E-state index is 6.52. The second-order valence-electron chi connectivity index (χ2n) is 13.4. The summed E-state index contributed by atoms with van der Waals surface area (Å²) in [4.78, 5) is 4.94. The summed E-state index contributed by atoms with van der Waals surface area (Å²) in [6.07, 6.45) is 0. The molecule has 10 rings (SSSR count). The number of anilines is 6. The van der Waals surface area contributed by atoms with Crippen LogP contribution in [-0.4, -0.2) is 0 Å². The number of hydrogen-bond donors (Lipinski definition) is 0. The van der Waals surface area contributed by atoms with Crippen molar-refractivity contribution in [3.05, 3.63) is 169 Å². The number of furan rings is 1. The molecule has 8 aromatic rings. The number of benzene rings is 7. The van der Waals surface area contributed by atoms with Gasteiger partial charge in [0, 0.05) is 33.1 Å². The van der Waals surface area contributed by atoms with Crippen LogP contribution < -0.4 is 9.80 Å². The maximum Gasteiger partial charge on any atom is 0.143 e. The maximum absolute atomic E-state index is 6.52. The first-order chi connectivity index (χ1) is 23.6. The molecule has 0 bridgehead atoms. The molecule has 228 valence electrons. The summed E-state index contributed by atoms with van der Waals surface area (Å²) in [7, 11) is 0. The summed E-state index contributed by atoms with van der Waals surface area (Å²) in [5.74, 6) is 0. The minimum absolute atomic E-state index is 0.193. The lowest BCUT2D eigenvalue weighted by molar-refractivity contribution is 0.660. The van der Waals surface area contributed by atoms with Crippen molar-refractivity contribution in [3.63, 3.8) is 0 Å². The molecule has 1 aliphatic carbocycles. The molecule has 0 spiro atoms. The van der Waals surface area contributed by atoms with Gasteiger partial charge in [-0.1, -0.05) is 123 Å². The topological polar surface area (TPSA) is 19.6 Å². The molecular formula is C45H32N2O. The molecule has 0 unspecified atom stereocenters. The molecule has 0 amide bonds. The Morgan fingerprint density at radius 1 is 0.479 bits per heavy atom. The van der Waals surface area contributed by atoms with Gasteiger partial charge < -0.3 is 14.2 Å². The van der Waals surface area contributed by atoms with Gasteiger partial charge in [0.25, 0.3) is 0 Å². The lowest BCUT2D eigenvalue weighted by Crippen LogP contribution is -2.28. The highest BCUT2D eigenvalue weighted by molar-refractivity contribution is 6.11. The number of nitrogens with zero attached hydrogens (tertiary/aromatic N) is 2. The van der Waals surface area contributed by atoms with E-state index < -0.39 is 0 Å². The molecule has 0 atom stereocenters. The predicted octanol–water partition coefficient (Wildman–Crippen LogP) is 12.8. The van der Waals surface area contributed by atoms with E-state index in [1.807, 2.05) is 6.07 Å². The van der Waals surface area contributed by atoms with Gasteiger partial charge in [-0.3, -0.25) is 0 Å². The van der Waals surface area contributed by atoms with Crippen molar-refractivity contribution in [2.75, 3.05) is 9.80 Å². The Bertz CT molecular complexity index is 2550.